The van der Waals surface area contributed by atoms with Crippen molar-refractivity contribution in [3.05, 3.63) is 71.0 Å². The summed E-state index contributed by atoms with van der Waals surface area (Å²) in [7, 11) is 0. The van der Waals surface area contributed by atoms with Crippen molar-refractivity contribution in [3.8, 4) is 0 Å². The first kappa shape index (κ1) is 18.0. The number of halogens is 3. The van der Waals surface area contributed by atoms with Crippen LogP contribution in [0.3, 0.4) is 0 Å². The molecule has 2 aromatic rings. The number of aliphatic hydroxyl groups excluding tert-OH is 1. The van der Waals surface area contributed by atoms with E-state index in [0.29, 0.717) is 6.42 Å². The van der Waals surface area contributed by atoms with E-state index in [1.165, 1.54) is 18.2 Å². The second-order valence-corrected chi connectivity index (χ2v) is 5.47. The molecule has 0 heterocycles. The molecule has 2 N–H and O–H groups in total. The summed E-state index contributed by atoms with van der Waals surface area (Å²) in [4.78, 5) is 12.1. The lowest BCUT2D eigenvalue weighted by Crippen LogP contribution is -2.30. The summed E-state index contributed by atoms with van der Waals surface area (Å²) >= 11 is 0. The SMILES string of the molecule is CCC(NC(=O)CC(O)c1cccc(F)c1)c1cc(F)ccc1F. The van der Waals surface area contributed by atoms with Crippen molar-refractivity contribution >= 4 is 5.91 Å². The molecule has 3 nitrogen and oxygen atoms in total. The van der Waals surface area contributed by atoms with Gasteiger partial charge in [-0.15, -0.1) is 0 Å². The van der Waals surface area contributed by atoms with E-state index in [1.54, 1.807) is 6.92 Å². The summed E-state index contributed by atoms with van der Waals surface area (Å²) in [6, 6.07) is 7.63. The molecule has 128 valence electrons. The number of carbonyl (C=O) groups is 1. The highest BCUT2D eigenvalue weighted by atomic mass is 19.1. The normalized spacial score (nSPS) is 13.4. The van der Waals surface area contributed by atoms with E-state index in [4.69, 9.17) is 0 Å². The highest BCUT2D eigenvalue weighted by Crippen LogP contribution is 2.23. The Hall–Kier alpha value is -2.34. The van der Waals surface area contributed by atoms with Gasteiger partial charge in [0, 0.05) is 5.56 Å². The van der Waals surface area contributed by atoms with Crippen LogP contribution in [-0.2, 0) is 4.79 Å². The van der Waals surface area contributed by atoms with Crippen molar-refractivity contribution in [2.45, 2.75) is 31.9 Å². The van der Waals surface area contributed by atoms with Gasteiger partial charge in [-0.25, -0.2) is 13.2 Å². The molecule has 2 atom stereocenters. The fraction of sp³-hybridized carbons (Fsp3) is 0.278. The minimum absolute atomic E-state index is 0.0473. The first-order valence-electron chi connectivity index (χ1n) is 7.58. The second-order valence-electron chi connectivity index (χ2n) is 5.47. The minimum Gasteiger partial charge on any atom is -0.388 e. The van der Waals surface area contributed by atoms with E-state index in [1.807, 2.05) is 0 Å². The molecule has 0 aliphatic heterocycles. The zero-order valence-corrected chi connectivity index (χ0v) is 13.1. The molecule has 2 rings (SSSR count). The Labute approximate surface area is 138 Å². The molecule has 0 fully saturated rings. The van der Waals surface area contributed by atoms with E-state index < -0.39 is 35.5 Å². The van der Waals surface area contributed by atoms with Gasteiger partial charge in [0.25, 0.3) is 0 Å². The highest BCUT2D eigenvalue weighted by Gasteiger charge is 2.20. The van der Waals surface area contributed by atoms with Crippen molar-refractivity contribution in [3.63, 3.8) is 0 Å². The topological polar surface area (TPSA) is 49.3 Å². The predicted molar refractivity (Wildman–Crippen MR) is 83.5 cm³/mol. The lowest BCUT2D eigenvalue weighted by Gasteiger charge is -2.19. The Morgan fingerprint density at radius 2 is 1.83 bits per heavy atom. The molecule has 6 heteroatoms. The van der Waals surface area contributed by atoms with Crippen molar-refractivity contribution in [1.29, 1.82) is 0 Å². The van der Waals surface area contributed by atoms with Gasteiger partial charge in [-0.2, -0.15) is 0 Å². The molecule has 1 amide bonds. The quantitative estimate of drug-likeness (QED) is 0.842. The first-order chi connectivity index (χ1) is 11.4. The number of hydrogen-bond acceptors (Lipinski definition) is 2. The summed E-state index contributed by atoms with van der Waals surface area (Å²) in [6.45, 7) is 1.72. The van der Waals surface area contributed by atoms with Gasteiger partial charge in [0.2, 0.25) is 5.91 Å². The van der Waals surface area contributed by atoms with Crippen molar-refractivity contribution < 1.29 is 23.1 Å². The standard InChI is InChI=1S/C18H18F3NO2/c1-2-16(14-9-13(20)6-7-15(14)21)22-18(24)10-17(23)11-4-3-5-12(19)8-11/h3-9,16-17,23H,2,10H2,1H3,(H,22,24). The number of aliphatic hydroxyl groups is 1. The Morgan fingerprint density at radius 1 is 1.12 bits per heavy atom. The van der Waals surface area contributed by atoms with E-state index in [9.17, 15) is 23.1 Å². The van der Waals surface area contributed by atoms with Crippen LogP contribution in [0.25, 0.3) is 0 Å². The summed E-state index contributed by atoms with van der Waals surface area (Å²) < 4.78 is 40.3. The van der Waals surface area contributed by atoms with E-state index in [2.05, 4.69) is 5.32 Å². The average molecular weight is 337 g/mol. The Balaban J connectivity index is 2.05. The summed E-state index contributed by atoms with van der Waals surface area (Å²) in [5.74, 6) is -2.27. The molecule has 24 heavy (non-hydrogen) atoms. The molecule has 0 aliphatic carbocycles. The monoisotopic (exact) mass is 337 g/mol. The van der Waals surface area contributed by atoms with Crippen molar-refractivity contribution in [2.75, 3.05) is 0 Å². The van der Waals surface area contributed by atoms with Crippen LogP contribution < -0.4 is 5.32 Å². The third-order valence-corrected chi connectivity index (χ3v) is 3.69. The number of nitrogens with one attached hydrogen (secondary N) is 1. The van der Waals surface area contributed by atoms with Gasteiger partial charge in [-0.1, -0.05) is 19.1 Å². The van der Waals surface area contributed by atoms with Crippen LogP contribution >= 0.6 is 0 Å². The summed E-state index contributed by atoms with van der Waals surface area (Å²) in [5, 5.41) is 12.6. The van der Waals surface area contributed by atoms with Gasteiger partial charge in [-0.3, -0.25) is 4.79 Å². The van der Waals surface area contributed by atoms with Crippen LogP contribution in [0.2, 0.25) is 0 Å². The smallest absolute Gasteiger partial charge is 0.223 e. The van der Waals surface area contributed by atoms with Gasteiger partial charge >= 0.3 is 0 Å². The van der Waals surface area contributed by atoms with Crippen LogP contribution in [0.1, 0.15) is 43.0 Å². The van der Waals surface area contributed by atoms with E-state index in [-0.39, 0.29) is 17.5 Å². The maximum absolute atomic E-state index is 13.8. The fourth-order valence-corrected chi connectivity index (χ4v) is 2.44. The molecule has 0 bridgehead atoms. The Morgan fingerprint density at radius 3 is 2.50 bits per heavy atom. The van der Waals surface area contributed by atoms with Gasteiger partial charge in [-0.05, 0) is 42.3 Å². The minimum atomic E-state index is -1.18. The Kier molecular flexibility index (Phi) is 5.98. The number of amides is 1. The maximum Gasteiger partial charge on any atom is 0.223 e. The third kappa shape index (κ3) is 4.58. The number of rotatable bonds is 6. The van der Waals surface area contributed by atoms with Crippen LogP contribution in [0, 0.1) is 17.5 Å². The Bertz CT molecular complexity index is 721. The molecule has 2 unspecified atom stereocenters. The zero-order valence-electron chi connectivity index (χ0n) is 13.1. The predicted octanol–water partition coefficient (Wildman–Crippen LogP) is 3.79. The van der Waals surface area contributed by atoms with Crippen LogP contribution in [0.15, 0.2) is 42.5 Å². The largest absolute Gasteiger partial charge is 0.388 e. The number of carbonyl (C=O) groups excluding carboxylic acids is 1. The lowest BCUT2D eigenvalue weighted by atomic mass is 10.0. The van der Waals surface area contributed by atoms with Crippen LogP contribution in [-0.4, -0.2) is 11.0 Å². The van der Waals surface area contributed by atoms with Crippen molar-refractivity contribution in [2.24, 2.45) is 0 Å². The molecule has 0 saturated heterocycles. The van der Waals surface area contributed by atoms with Gasteiger partial charge in [0.05, 0.1) is 18.6 Å². The first-order valence-corrected chi connectivity index (χ1v) is 7.58. The zero-order chi connectivity index (χ0) is 17.7. The molecular weight excluding hydrogens is 319 g/mol. The molecule has 2 aromatic carbocycles. The molecule has 0 spiro atoms. The highest BCUT2D eigenvalue weighted by molar-refractivity contribution is 5.77. The molecular formula is C18H18F3NO2. The lowest BCUT2D eigenvalue weighted by molar-refractivity contribution is -0.123. The summed E-state index contributed by atoms with van der Waals surface area (Å²) in [6.07, 6.45) is -1.14. The maximum atomic E-state index is 13.8. The van der Waals surface area contributed by atoms with E-state index in [0.717, 1.165) is 24.3 Å². The van der Waals surface area contributed by atoms with Crippen LogP contribution in [0.4, 0.5) is 13.2 Å². The number of hydrogen-bond donors (Lipinski definition) is 2. The second kappa shape index (κ2) is 7.97. The molecule has 0 aliphatic rings. The number of benzene rings is 2. The molecule has 0 saturated carbocycles. The average Bonchev–Trinajstić information content (AvgIpc) is 2.55. The van der Waals surface area contributed by atoms with E-state index >= 15 is 0 Å². The molecule has 0 radical (unpaired) electrons. The van der Waals surface area contributed by atoms with Gasteiger partial charge in [0.1, 0.15) is 17.5 Å². The third-order valence-electron chi connectivity index (χ3n) is 3.69. The van der Waals surface area contributed by atoms with Gasteiger partial charge < -0.3 is 10.4 Å². The molecule has 0 aromatic heterocycles. The van der Waals surface area contributed by atoms with Crippen LogP contribution in [0.5, 0.6) is 0 Å². The summed E-state index contributed by atoms with van der Waals surface area (Å²) in [5.41, 5.74) is 0.321. The fourth-order valence-electron chi connectivity index (χ4n) is 2.44. The van der Waals surface area contributed by atoms with Crippen molar-refractivity contribution in [1.82, 2.24) is 5.32 Å². The van der Waals surface area contributed by atoms with Gasteiger partial charge in [0.15, 0.2) is 0 Å².